The van der Waals surface area contributed by atoms with Crippen molar-refractivity contribution < 1.29 is 34.5 Å². The number of nitrogens with zero attached hydrogens (tertiary/aromatic N) is 1. The summed E-state index contributed by atoms with van der Waals surface area (Å²) >= 11 is 0. The van der Waals surface area contributed by atoms with E-state index in [1.54, 1.807) is 13.8 Å². The van der Waals surface area contributed by atoms with Crippen LogP contribution in [0.4, 0.5) is 0 Å². The number of aliphatic hydroxyl groups is 2. The van der Waals surface area contributed by atoms with E-state index in [4.69, 9.17) is 22.3 Å². The average molecular weight is 476 g/mol. The van der Waals surface area contributed by atoms with Crippen LogP contribution in [0.25, 0.3) is 0 Å². The summed E-state index contributed by atoms with van der Waals surface area (Å²) in [6, 6.07) is -5.15. The Kier molecular flexibility index (Phi) is 13.6. The molecule has 0 aromatic heterocycles. The summed E-state index contributed by atoms with van der Waals surface area (Å²) in [5.41, 5.74) is 15.9. The van der Waals surface area contributed by atoms with Crippen LogP contribution in [0.1, 0.15) is 40.0 Å². The summed E-state index contributed by atoms with van der Waals surface area (Å²) in [6.45, 7) is 4.24. The fraction of sp³-hybridized carbons (Fsp3) is 0.737. The SMILES string of the molecule is CCC(C)C(NC(=O)C(N)CO)C(=O)NC(C(=O)NC(CCCN=C(N)N)C(=O)O)C(C)O. The van der Waals surface area contributed by atoms with Crippen molar-refractivity contribution in [3.8, 4) is 0 Å². The number of carboxylic acid groups (broad SMARTS) is 1. The second-order valence-electron chi connectivity index (χ2n) is 7.74. The summed E-state index contributed by atoms with van der Waals surface area (Å²) in [7, 11) is 0. The van der Waals surface area contributed by atoms with Gasteiger partial charge in [0.1, 0.15) is 24.2 Å². The number of aliphatic hydroxyl groups excluding tert-OH is 2. The number of carboxylic acids is 1. The van der Waals surface area contributed by atoms with Gasteiger partial charge in [-0.1, -0.05) is 20.3 Å². The number of rotatable bonds is 15. The van der Waals surface area contributed by atoms with E-state index in [0.29, 0.717) is 6.42 Å². The summed E-state index contributed by atoms with van der Waals surface area (Å²) in [5.74, 6) is -4.29. The highest BCUT2D eigenvalue weighted by Gasteiger charge is 2.34. The largest absolute Gasteiger partial charge is 0.480 e. The molecular weight excluding hydrogens is 438 g/mol. The van der Waals surface area contributed by atoms with E-state index in [-0.39, 0.29) is 31.3 Å². The third-order valence-corrected chi connectivity index (χ3v) is 4.95. The molecule has 0 bridgehead atoms. The average Bonchev–Trinajstić information content (AvgIpc) is 2.75. The molecule has 3 amide bonds. The third-order valence-electron chi connectivity index (χ3n) is 4.95. The maximum Gasteiger partial charge on any atom is 0.326 e. The lowest BCUT2D eigenvalue weighted by atomic mass is 9.97. The van der Waals surface area contributed by atoms with Gasteiger partial charge in [-0.25, -0.2) is 4.79 Å². The van der Waals surface area contributed by atoms with E-state index in [9.17, 15) is 29.4 Å². The smallest absolute Gasteiger partial charge is 0.326 e. The van der Waals surface area contributed by atoms with Gasteiger partial charge in [-0.05, 0) is 25.7 Å². The lowest BCUT2D eigenvalue weighted by Gasteiger charge is -2.28. The topological polar surface area (TPSA) is 255 Å². The molecule has 0 saturated heterocycles. The minimum absolute atomic E-state index is 0.00291. The van der Waals surface area contributed by atoms with Gasteiger partial charge in [0.05, 0.1) is 12.7 Å². The minimum atomic E-state index is -1.49. The number of amides is 3. The standard InChI is InChI=1S/C19H37N7O7/c1-4-9(2)13(25-15(29)11(20)8-27)16(30)26-14(10(3)28)17(31)24-12(18(32)33)6-5-7-23-19(21)22/h9-14,27-28H,4-8,20H2,1-3H3,(H,24,31)(H,25,29)(H,26,30)(H,32,33)(H4,21,22,23). The molecule has 0 saturated carbocycles. The maximum absolute atomic E-state index is 12.8. The molecule has 14 nitrogen and oxygen atoms in total. The zero-order chi connectivity index (χ0) is 25.7. The molecule has 0 radical (unpaired) electrons. The first-order valence-corrected chi connectivity index (χ1v) is 10.6. The Morgan fingerprint density at radius 1 is 0.970 bits per heavy atom. The van der Waals surface area contributed by atoms with E-state index < -0.39 is 60.6 Å². The van der Waals surface area contributed by atoms with Gasteiger partial charge in [-0.15, -0.1) is 0 Å². The van der Waals surface area contributed by atoms with Crippen molar-refractivity contribution in [3.05, 3.63) is 0 Å². The molecular formula is C19H37N7O7. The normalized spacial score (nSPS) is 16.3. The number of hydrogen-bond donors (Lipinski definition) is 9. The molecule has 0 heterocycles. The molecule has 33 heavy (non-hydrogen) atoms. The van der Waals surface area contributed by atoms with Crippen molar-refractivity contribution in [2.45, 2.75) is 70.3 Å². The molecule has 0 fully saturated rings. The lowest BCUT2D eigenvalue weighted by Crippen LogP contribution is -2.61. The number of nitrogens with two attached hydrogens (primary N) is 3. The van der Waals surface area contributed by atoms with Crippen LogP contribution in [-0.4, -0.2) is 88.4 Å². The number of carbonyl (C=O) groups excluding carboxylic acids is 3. The first kappa shape index (κ1) is 30.0. The van der Waals surface area contributed by atoms with Crippen molar-refractivity contribution in [1.29, 1.82) is 0 Å². The molecule has 0 rings (SSSR count). The fourth-order valence-corrected chi connectivity index (χ4v) is 2.72. The molecule has 12 N–H and O–H groups in total. The first-order valence-electron chi connectivity index (χ1n) is 10.6. The summed E-state index contributed by atoms with van der Waals surface area (Å²) in [6.07, 6.45) is -0.635. The molecule has 0 spiro atoms. The van der Waals surface area contributed by atoms with E-state index in [1.165, 1.54) is 6.92 Å². The van der Waals surface area contributed by atoms with Gasteiger partial charge < -0.3 is 48.5 Å². The monoisotopic (exact) mass is 475 g/mol. The second-order valence-corrected chi connectivity index (χ2v) is 7.74. The van der Waals surface area contributed by atoms with Crippen LogP contribution in [0.15, 0.2) is 4.99 Å². The lowest BCUT2D eigenvalue weighted by molar-refractivity contribution is -0.143. The predicted molar refractivity (Wildman–Crippen MR) is 120 cm³/mol. The van der Waals surface area contributed by atoms with Crippen molar-refractivity contribution in [2.24, 2.45) is 28.1 Å². The van der Waals surface area contributed by atoms with Crippen LogP contribution in [0.2, 0.25) is 0 Å². The van der Waals surface area contributed by atoms with Crippen molar-refractivity contribution in [1.82, 2.24) is 16.0 Å². The molecule has 0 aliphatic carbocycles. The Hall–Kier alpha value is -2.97. The summed E-state index contributed by atoms with van der Waals surface area (Å²) in [4.78, 5) is 52.8. The zero-order valence-electron chi connectivity index (χ0n) is 19.2. The molecule has 6 atom stereocenters. The van der Waals surface area contributed by atoms with Gasteiger partial charge in [0, 0.05) is 6.54 Å². The van der Waals surface area contributed by atoms with E-state index in [2.05, 4.69) is 20.9 Å². The van der Waals surface area contributed by atoms with Crippen LogP contribution >= 0.6 is 0 Å². The third kappa shape index (κ3) is 10.9. The van der Waals surface area contributed by atoms with E-state index >= 15 is 0 Å². The number of carbonyl (C=O) groups is 4. The van der Waals surface area contributed by atoms with Crippen molar-refractivity contribution >= 4 is 29.7 Å². The molecule has 14 heteroatoms. The highest BCUT2D eigenvalue weighted by atomic mass is 16.4. The quantitative estimate of drug-likeness (QED) is 0.0636. The molecule has 6 unspecified atom stereocenters. The zero-order valence-corrected chi connectivity index (χ0v) is 19.2. The van der Waals surface area contributed by atoms with Crippen LogP contribution in [0.3, 0.4) is 0 Å². The molecule has 0 aromatic rings. The van der Waals surface area contributed by atoms with Gasteiger partial charge >= 0.3 is 5.97 Å². The first-order chi connectivity index (χ1) is 15.3. The molecule has 190 valence electrons. The predicted octanol–water partition coefficient (Wildman–Crippen LogP) is -3.67. The van der Waals surface area contributed by atoms with Gasteiger partial charge in [-0.3, -0.25) is 19.4 Å². The highest BCUT2D eigenvalue weighted by molar-refractivity contribution is 5.94. The van der Waals surface area contributed by atoms with Gasteiger partial charge in [0.25, 0.3) is 0 Å². The van der Waals surface area contributed by atoms with Crippen LogP contribution in [0.5, 0.6) is 0 Å². The van der Waals surface area contributed by atoms with Crippen LogP contribution in [-0.2, 0) is 19.2 Å². The Morgan fingerprint density at radius 2 is 1.52 bits per heavy atom. The van der Waals surface area contributed by atoms with E-state index in [1.807, 2.05) is 0 Å². The Balaban J connectivity index is 5.36. The fourth-order valence-electron chi connectivity index (χ4n) is 2.72. The Morgan fingerprint density at radius 3 is 1.97 bits per heavy atom. The van der Waals surface area contributed by atoms with Crippen molar-refractivity contribution in [2.75, 3.05) is 13.2 Å². The van der Waals surface area contributed by atoms with Gasteiger partial charge in [0.15, 0.2) is 5.96 Å². The second kappa shape index (κ2) is 15.0. The Bertz CT molecular complexity index is 698. The number of nitrogens with one attached hydrogen (secondary N) is 3. The number of aliphatic imine (C=N–C) groups is 1. The number of hydrogen-bond acceptors (Lipinski definition) is 8. The van der Waals surface area contributed by atoms with Gasteiger partial charge in [-0.2, -0.15) is 0 Å². The molecule has 0 aromatic carbocycles. The number of aliphatic carboxylic acids is 1. The number of guanidine groups is 1. The Labute approximate surface area is 192 Å². The summed E-state index contributed by atoms with van der Waals surface area (Å²) < 4.78 is 0. The summed E-state index contributed by atoms with van der Waals surface area (Å²) in [5, 5.41) is 35.5. The van der Waals surface area contributed by atoms with E-state index in [0.717, 1.165) is 0 Å². The molecule has 0 aliphatic heterocycles. The van der Waals surface area contributed by atoms with Crippen LogP contribution < -0.4 is 33.2 Å². The molecule has 0 aliphatic rings. The minimum Gasteiger partial charge on any atom is -0.480 e. The highest BCUT2D eigenvalue weighted by Crippen LogP contribution is 2.10. The maximum atomic E-state index is 12.8. The van der Waals surface area contributed by atoms with Crippen molar-refractivity contribution in [3.63, 3.8) is 0 Å². The van der Waals surface area contributed by atoms with Crippen LogP contribution in [0, 0.1) is 5.92 Å². The van der Waals surface area contributed by atoms with Gasteiger partial charge in [0.2, 0.25) is 17.7 Å².